The summed E-state index contributed by atoms with van der Waals surface area (Å²) in [6.07, 6.45) is 0.915. The first-order valence-electron chi connectivity index (χ1n) is 4.87. The van der Waals surface area contributed by atoms with Crippen LogP contribution in [0.25, 0.3) is 0 Å². The summed E-state index contributed by atoms with van der Waals surface area (Å²) in [7, 11) is 0. The molecule has 1 saturated heterocycles. The summed E-state index contributed by atoms with van der Waals surface area (Å²) in [6.45, 7) is 1.47. The predicted molar refractivity (Wildman–Crippen MR) is 54.9 cm³/mol. The molecule has 0 bridgehead atoms. The molecule has 74 valence electrons. The Morgan fingerprint density at radius 3 is 2.64 bits per heavy atom. The van der Waals surface area contributed by atoms with Crippen LogP contribution in [0.15, 0.2) is 30.3 Å². The lowest BCUT2D eigenvalue weighted by Crippen LogP contribution is -2.31. The monoisotopic (exact) mass is 190 g/mol. The quantitative estimate of drug-likeness (QED) is 0.714. The molecular formula is C11H14N2O. The molecule has 1 fully saturated rings. The van der Waals surface area contributed by atoms with Crippen molar-refractivity contribution in [2.45, 2.75) is 12.5 Å². The van der Waals surface area contributed by atoms with E-state index in [2.05, 4.69) is 0 Å². The molecule has 0 spiro atoms. The highest BCUT2D eigenvalue weighted by atomic mass is 16.2. The van der Waals surface area contributed by atoms with E-state index in [0.29, 0.717) is 6.54 Å². The van der Waals surface area contributed by atoms with Crippen LogP contribution in [-0.4, -0.2) is 29.9 Å². The van der Waals surface area contributed by atoms with E-state index in [1.165, 1.54) is 0 Å². The molecule has 14 heavy (non-hydrogen) atoms. The lowest BCUT2D eigenvalue weighted by Gasteiger charge is -2.15. The van der Waals surface area contributed by atoms with Gasteiger partial charge in [0.1, 0.15) is 0 Å². The van der Waals surface area contributed by atoms with E-state index in [1.807, 2.05) is 35.2 Å². The van der Waals surface area contributed by atoms with E-state index in [9.17, 15) is 4.79 Å². The average Bonchev–Trinajstić information content (AvgIpc) is 2.65. The van der Waals surface area contributed by atoms with Crippen molar-refractivity contribution in [2.24, 2.45) is 5.73 Å². The van der Waals surface area contributed by atoms with E-state index in [0.717, 1.165) is 18.5 Å². The number of nitrogens with zero attached hydrogens (tertiary/aromatic N) is 1. The van der Waals surface area contributed by atoms with Gasteiger partial charge in [-0.2, -0.15) is 0 Å². The van der Waals surface area contributed by atoms with Crippen molar-refractivity contribution in [3.8, 4) is 0 Å². The molecule has 3 heteroatoms. The van der Waals surface area contributed by atoms with Crippen LogP contribution in [0, 0.1) is 0 Å². The third-order valence-corrected chi connectivity index (χ3v) is 2.53. The van der Waals surface area contributed by atoms with E-state index in [1.54, 1.807) is 0 Å². The number of rotatable bonds is 1. The topological polar surface area (TPSA) is 46.3 Å². The van der Waals surface area contributed by atoms with Crippen molar-refractivity contribution in [1.82, 2.24) is 4.90 Å². The van der Waals surface area contributed by atoms with Crippen molar-refractivity contribution in [3.63, 3.8) is 0 Å². The molecular weight excluding hydrogens is 176 g/mol. The van der Waals surface area contributed by atoms with Crippen LogP contribution in [0.5, 0.6) is 0 Å². The summed E-state index contributed by atoms with van der Waals surface area (Å²) in [6, 6.07) is 9.50. The highest BCUT2D eigenvalue weighted by Gasteiger charge is 2.23. The van der Waals surface area contributed by atoms with Gasteiger partial charge in [0.15, 0.2) is 0 Å². The maximum atomic E-state index is 11.9. The normalized spacial score (nSPS) is 21.2. The van der Waals surface area contributed by atoms with Gasteiger partial charge in [-0.25, -0.2) is 0 Å². The molecule has 0 radical (unpaired) electrons. The molecule has 0 saturated carbocycles. The number of amides is 1. The highest BCUT2D eigenvalue weighted by molar-refractivity contribution is 5.94. The summed E-state index contributed by atoms with van der Waals surface area (Å²) >= 11 is 0. The maximum Gasteiger partial charge on any atom is 0.253 e. The zero-order valence-corrected chi connectivity index (χ0v) is 8.02. The second-order valence-corrected chi connectivity index (χ2v) is 3.67. The molecule has 2 N–H and O–H groups in total. The van der Waals surface area contributed by atoms with Crippen LogP contribution in [0.1, 0.15) is 16.8 Å². The van der Waals surface area contributed by atoms with Gasteiger partial charge in [0.05, 0.1) is 0 Å². The van der Waals surface area contributed by atoms with Gasteiger partial charge in [-0.05, 0) is 18.6 Å². The Hall–Kier alpha value is -1.35. The van der Waals surface area contributed by atoms with Crippen molar-refractivity contribution in [1.29, 1.82) is 0 Å². The van der Waals surface area contributed by atoms with Gasteiger partial charge in [0.25, 0.3) is 5.91 Å². The highest BCUT2D eigenvalue weighted by Crippen LogP contribution is 2.11. The number of hydrogen-bond donors (Lipinski definition) is 1. The first-order chi connectivity index (χ1) is 6.77. The summed E-state index contributed by atoms with van der Waals surface area (Å²) in [5, 5.41) is 0. The fourth-order valence-corrected chi connectivity index (χ4v) is 1.74. The molecule has 1 amide bonds. The summed E-state index contributed by atoms with van der Waals surface area (Å²) in [4.78, 5) is 13.7. The number of benzene rings is 1. The Bertz CT molecular complexity index is 323. The fraction of sp³-hybridized carbons (Fsp3) is 0.364. The predicted octanol–water partition coefficient (Wildman–Crippen LogP) is 0.860. The van der Waals surface area contributed by atoms with Gasteiger partial charge in [-0.1, -0.05) is 18.2 Å². The second-order valence-electron chi connectivity index (χ2n) is 3.67. The standard InChI is InChI=1S/C11H14N2O/c12-10-6-7-13(8-10)11(14)9-4-2-1-3-5-9/h1-5,10H,6-8,12H2/t10-/m0/s1. The van der Waals surface area contributed by atoms with Crippen molar-refractivity contribution < 1.29 is 4.79 Å². The molecule has 0 aliphatic carbocycles. The minimum absolute atomic E-state index is 0.0959. The van der Waals surface area contributed by atoms with Gasteiger partial charge in [0, 0.05) is 24.7 Å². The van der Waals surface area contributed by atoms with Crippen LogP contribution in [0.2, 0.25) is 0 Å². The number of hydrogen-bond acceptors (Lipinski definition) is 2. The number of nitrogens with two attached hydrogens (primary N) is 1. The third-order valence-electron chi connectivity index (χ3n) is 2.53. The van der Waals surface area contributed by atoms with Gasteiger partial charge in [-0.3, -0.25) is 4.79 Å². The smallest absolute Gasteiger partial charge is 0.253 e. The van der Waals surface area contributed by atoms with Crippen molar-refractivity contribution in [3.05, 3.63) is 35.9 Å². The molecule has 1 aromatic carbocycles. The van der Waals surface area contributed by atoms with E-state index >= 15 is 0 Å². The Morgan fingerprint density at radius 1 is 1.36 bits per heavy atom. The molecule has 1 aliphatic rings. The zero-order valence-electron chi connectivity index (χ0n) is 8.02. The minimum atomic E-state index is 0.0959. The second kappa shape index (κ2) is 3.80. The SMILES string of the molecule is N[C@H]1CCN(C(=O)c2ccccc2)C1. The number of carbonyl (C=O) groups excluding carboxylic acids is 1. The van der Waals surface area contributed by atoms with Crippen LogP contribution in [-0.2, 0) is 0 Å². The summed E-state index contributed by atoms with van der Waals surface area (Å²) < 4.78 is 0. The van der Waals surface area contributed by atoms with Crippen LogP contribution < -0.4 is 5.73 Å². The van der Waals surface area contributed by atoms with Gasteiger partial charge in [-0.15, -0.1) is 0 Å². The third kappa shape index (κ3) is 1.77. The maximum absolute atomic E-state index is 11.9. The van der Waals surface area contributed by atoms with E-state index in [4.69, 9.17) is 5.73 Å². The molecule has 3 nitrogen and oxygen atoms in total. The molecule has 1 aromatic rings. The summed E-state index contributed by atoms with van der Waals surface area (Å²) in [5.74, 6) is 0.0959. The Labute approximate surface area is 83.5 Å². The molecule has 0 unspecified atom stereocenters. The van der Waals surface area contributed by atoms with Crippen LogP contribution in [0.4, 0.5) is 0 Å². The minimum Gasteiger partial charge on any atom is -0.337 e. The van der Waals surface area contributed by atoms with Gasteiger partial charge in [0.2, 0.25) is 0 Å². The zero-order chi connectivity index (χ0) is 9.97. The average molecular weight is 190 g/mol. The van der Waals surface area contributed by atoms with Crippen LogP contribution in [0.3, 0.4) is 0 Å². The van der Waals surface area contributed by atoms with Crippen molar-refractivity contribution in [2.75, 3.05) is 13.1 Å². The fourth-order valence-electron chi connectivity index (χ4n) is 1.74. The lowest BCUT2D eigenvalue weighted by atomic mass is 10.2. The van der Waals surface area contributed by atoms with E-state index in [-0.39, 0.29) is 11.9 Å². The molecule has 1 atom stereocenters. The summed E-state index contributed by atoms with van der Waals surface area (Å²) in [5.41, 5.74) is 6.50. The number of carbonyl (C=O) groups is 1. The van der Waals surface area contributed by atoms with Gasteiger partial charge >= 0.3 is 0 Å². The Kier molecular flexibility index (Phi) is 2.50. The molecule has 1 aliphatic heterocycles. The van der Waals surface area contributed by atoms with Gasteiger partial charge < -0.3 is 10.6 Å². The van der Waals surface area contributed by atoms with E-state index < -0.39 is 0 Å². The lowest BCUT2D eigenvalue weighted by molar-refractivity contribution is 0.0791. The molecule has 2 rings (SSSR count). The molecule has 0 aromatic heterocycles. The first kappa shape index (κ1) is 9.21. The van der Waals surface area contributed by atoms with Crippen molar-refractivity contribution >= 4 is 5.91 Å². The van der Waals surface area contributed by atoms with Crippen LogP contribution >= 0.6 is 0 Å². The number of likely N-dealkylation sites (tertiary alicyclic amines) is 1. The molecule has 1 heterocycles. The Balaban J connectivity index is 2.10. The first-order valence-corrected chi connectivity index (χ1v) is 4.87. The Morgan fingerprint density at radius 2 is 2.07 bits per heavy atom. The largest absolute Gasteiger partial charge is 0.337 e.